The molecule has 0 aromatic rings. The zero-order chi connectivity index (χ0) is 12.3. The Bertz CT molecular complexity index is 233. The van der Waals surface area contributed by atoms with Gasteiger partial charge in [0.1, 0.15) is 0 Å². The third-order valence-corrected chi connectivity index (χ3v) is 4.58. The minimum atomic E-state index is 0.478. The summed E-state index contributed by atoms with van der Waals surface area (Å²) in [6.07, 6.45) is 8.38. The zero-order valence-corrected chi connectivity index (χ0v) is 11.8. The SMILES string of the molecule is CC1CC(C)(C)CCC1NCC1CCCCO1. The maximum absolute atomic E-state index is 5.78. The molecule has 1 heterocycles. The lowest BCUT2D eigenvalue weighted by Crippen LogP contribution is -2.45. The van der Waals surface area contributed by atoms with Crippen LogP contribution in [0.15, 0.2) is 0 Å². The van der Waals surface area contributed by atoms with Crippen LogP contribution in [0.4, 0.5) is 0 Å². The zero-order valence-electron chi connectivity index (χ0n) is 11.8. The summed E-state index contributed by atoms with van der Waals surface area (Å²) in [6, 6.07) is 0.716. The molecule has 3 unspecified atom stereocenters. The minimum absolute atomic E-state index is 0.478. The smallest absolute Gasteiger partial charge is 0.0699 e. The number of rotatable bonds is 3. The highest BCUT2D eigenvalue weighted by atomic mass is 16.5. The fourth-order valence-corrected chi connectivity index (χ4v) is 3.50. The maximum Gasteiger partial charge on any atom is 0.0699 e. The molecular formula is C15H29NO. The predicted molar refractivity (Wildman–Crippen MR) is 72.2 cm³/mol. The van der Waals surface area contributed by atoms with Crippen LogP contribution >= 0.6 is 0 Å². The molecule has 3 atom stereocenters. The number of hydrogen-bond donors (Lipinski definition) is 1. The van der Waals surface area contributed by atoms with Gasteiger partial charge in [-0.3, -0.25) is 0 Å². The molecule has 1 saturated heterocycles. The van der Waals surface area contributed by atoms with Crippen LogP contribution in [0.25, 0.3) is 0 Å². The highest BCUT2D eigenvalue weighted by Gasteiger charge is 2.32. The first-order chi connectivity index (χ1) is 8.07. The fraction of sp³-hybridized carbons (Fsp3) is 1.00. The summed E-state index contributed by atoms with van der Waals surface area (Å²) in [4.78, 5) is 0. The summed E-state index contributed by atoms with van der Waals surface area (Å²) in [6.45, 7) is 9.25. The molecule has 1 aliphatic carbocycles. The van der Waals surface area contributed by atoms with Crippen LogP contribution in [0.1, 0.15) is 59.3 Å². The van der Waals surface area contributed by atoms with E-state index >= 15 is 0 Å². The van der Waals surface area contributed by atoms with Crippen molar-refractivity contribution in [2.24, 2.45) is 11.3 Å². The number of hydrogen-bond acceptors (Lipinski definition) is 2. The molecule has 1 N–H and O–H groups in total. The Hall–Kier alpha value is -0.0800. The van der Waals surface area contributed by atoms with Crippen LogP contribution < -0.4 is 5.32 Å². The summed E-state index contributed by atoms with van der Waals surface area (Å²) in [5, 5.41) is 3.75. The largest absolute Gasteiger partial charge is 0.377 e. The lowest BCUT2D eigenvalue weighted by molar-refractivity contribution is 0.0117. The average molecular weight is 239 g/mol. The standard InChI is InChI=1S/C15H29NO/c1-12-10-15(2,3)8-7-14(12)16-11-13-6-4-5-9-17-13/h12-14,16H,4-11H2,1-3H3. The monoisotopic (exact) mass is 239 g/mol. The molecule has 0 amide bonds. The Morgan fingerprint density at radius 3 is 2.71 bits per heavy atom. The maximum atomic E-state index is 5.78. The molecule has 2 heteroatoms. The van der Waals surface area contributed by atoms with Crippen molar-refractivity contribution < 1.29 is 4.74 Å². The molecule has 0 bridgehead atoms. The van der Waals surface area contributed by atoms with Gasteiger partial charge in [0, 0.05) is 19.2 Å². The minimum Gasteiger partial charge on any atom is -0.377 e. The third-order valence-electron chi connectivity index (χ3n) is 4.58. The van der Waals surface area contributed by atoms with E-state index in [0.717, 1.165) is 19.1 Å². The van der Waals surface area contributed by atoms with Crippen LogP contribution in [0, 0.1) is 11.3 Å². The molecule has 100 valence electrons. The van der Waals surface area contributed by atoms with Gasteiger partial charge < -0.3 is 10.1 Å². The first kappa shape index (κ1) is 13.4. The van der Waals surface area contributed by atoms with Crippen LogP contribution in [-0.2, 0) is 4.74 Å². The first-order valence-electron chi connectivity index (χ1n) is 7.42. The van der Waals surface area contributed by atoms with Gasteiger partial charge in [0.2, 0.25) is 0 Å². The van der Waals surface area contributed by atoms with Crippen molar-refractivity contribution >= 4 is 0 Å². The molecule has 1 saturated carbocycles. The van der Waals surface area contributed by atoms with Gasteiger partial charge in [-0.25, -0.2) is 0 Å². The van der Waals surface area contributed by atoms with Crippen LogP contribution in [0.5, 0.6) is 0 Å². The Morgan fingerprint density at radius 2 is 2.06 bits per heavy atom. The van der Waals surface area contributed by atoms with Crippen molar-refractivity contribution in [3.8, 4) is 0 Å². The van der Waals surface area contributed by atoms with E-state index in [4.69, 9.17) is 4.74 Å². The van der Waals surface area contributed by atoms with Crippen molar-refractivity contribution in [2.75, 3.05) is 13.2 Å². The van der Waals surface area contributed by atoms with E-state index < -0.39 is 0 Å². The van der Waals surface area contributed by atoms with E-state index in [1.165, 1.54) is 38.5 Å². The van der Waals surface area contributed by atoms with Crippen LogP contribution in [0.2, 0.25) is 0 Å². The summed E-state index contributed by atoms with van der Waals surface area (Å²) < 4.78 is 5.78. The molecule has 2 aliphatic rings. The molecule has 0 radical (unpaired) electrons. The van der Waals surface area contributed by atoms with Crippen LogP contribution in [0.3, 0.4) is 0 Å². The summed E-state index contributed by atoms with van der Waals surface area (Å²) in [5.74, 6) is 0.808. The molecule has 2 rings (SSSR count). The van der Waals surface area contributed by atoms with Crippen molar-refractivity contribution in [3.63, 3.8) is 0 Å². The van der Waals surface area contributed by atoms with Gasteiger partial charge in [-0.2, -0.15) is 0 Å². The quantitative estimate of drug-likeness (QED) is 0.815. The predicted octanol–water partition coefficient (Wildman–Crippen LogP) is 3.36. The van der Waals surface area contributed by atoms with Gasteiger partial charge in [0.05, 0.1) is 6.10 Å². The topological polar surface area (TPSA) is 21.3 Å². The highest BCUT2D eigenvalue weighted by Crippen LogP contribution is 2.38. The fourth-order valence-electron chi connectivity index (χ4n) is 3.50. The van der Waals surface area contributed by atoms with Gasteiger partial charge in [-0.1, -0.05) is 20.8 Å². The normalized spacial score (nSPS) is 37.9. The molecule has 0 spiro atoms. The van der Waals surface area contributed by atoms with Crippen molar-refractivity contribution in [2.45, 2.75) is 71.4 Å². The number of nitrogens with one attached hydrogen (secondary N) is 1. The second-order valence-corrected chi connectivity index (χ2v) is 6.89. The Labute approximate surface area is 107 Å². The summed E-state index contributed by atoms with van der Waals surface area (Å²) in [7, 11) is 0. The Kier molecular flexibility index (Phi) is 4.48. The van der Waals surface area contributed by atoms with E-state index in [-0.39, 0.29) is 0 Å². The van der Waals surface area contributed by atoms with Gasteiger partial charge in [-0.15, -0.1) is 0 Å². The van der Waals surface area contributed by atoms with Crippen molar-refractivity contribution in [1.29, 1.82) is 0 Å². The third kappa shape index (κ3) is 3.96. The average Bonchev–Trinajstić information content (AvgIpc) is 2.28. The first-order valence-corrected chi connectivity index (χ1v) is 7.42. The molecular weight excluding hydrogens is 210 g/mol. The molecule has 0 aromatic carbocycles. The Morgan fingerprint density at radius 1 is 1.24 bits per heavy atom. The highest BCUT2D eigenvalue weighted by molar-refractivity contribution is 4.87. The second kappa shape index (κ2) is 5.71. The van der Waals surface area contributed by atoms with E-state index in [0.29, 0.717) is 17.6 Å². The van der Waals surface area contributed by atoms with E-state index in [2.05, 4.69) is 26.1 Å². The molecule has 2 fully saturated rings. The van der Waals surface area contributed by atoms with Crippen molar-refractivity contribution in [3.05, 3.63) is 0 Å². The van der Waals surface area contributed by atoms with Gasteiger partial charge in [-0.05, 0) is 49.9 Å². The van der Waals surface area contributed by atoms with Gasteiger partial charge >= 0.3 is 0 Å². The molecule has 1 aliphatic heterocycles. The van der Waals surface area contributed by atoms with Gasteiger partial charge in [0.25, 0.3) is 0 Å². The Balaban J connectivity index is 1.72. The molecule has 17 heavy (non-hydrogen) atoms. The molecule has 2 nitrogen and oxygen atoms in total. The molecule has 0 aromatic heterocycles. The lowest BCUT2D eigenvalue weighted by Gasteiger charge is -2.40. The number of ether oxygens (including phenoxy) is 1. The van der Waals surface area contributed by atoms with Crippen LogP contribution in [-0.4, -0.2) is 25.3 Å². The summed E-state index contributed by atoms with van der Waals surface area (Å²) >= 11 is 0. The second-order valence-electron chi connectivity index (χ2n) is 6.89. The van der Waals surface area contributed by atoms with Crippen molar-refractivity contribution in [1.82, 2.24) is 5.32 Å². The van der Waals surface area contributed by atoms with E-state index in [1.54, 1.807) is 0 Å². The summed E-state index contributed by atoms with van der Waals surface area (Å²) in [5.41, 5.74) is 0.554. The van der Waals surface area contributed by atoms with E-state index in [9.17, 15) is 0 Å². The van der Waals surface area contributed by atoms with Gasteiger partial charge in [0.15, 0.2) is 0 Å². The van der Waals surface area contributed by atoms with E-state index in [1.807, 2.05) is 0 Å². The lowest BCUT2D eigenvalue weighted by atomic mass is 9.70.